The lowest BCUT2D eigenvalue weighted by Gasteiger charge is -2.04. The number of alkyl halides is 3. The molecule has 0 aliphatic carbocycles. The number of aliphatic hydroxyl groups is 1. The van der Waals surface area contributed by atoms with Crippen molar-refractivity contribution in [1.29, 1.82) is 0 Å². The molecule has 0 saturated heterocycles. The Morgan fingerprint density at radius 3 is 2.59 bits per heavy atom. The van der Waals surface area contributed by atoms with Crippen LogP contribution in [0.2, 0.25) is 0 Å². The second-order valence-electron chi connectivity index (χ2n) is 3.12. The number of hydrogen-bond donors (Lipinski definition) is 1. The number of carbonyl (C=O) groups is 1. The summed E-state index contributed by atoms with van der Waals surface area (Å²) in [5, 5.41) is 9.36. The van der Waals surface area contributed by atoms with Crippen molar-refractivity contribution in [2.24, 2.45) is 0 Å². The van der Waals surface area contributed by atoms with Crippen molar-refractivity contribution in [3.05, 3.63) is 35.9 Å². The molecule has 1 N–H and O–H groups in total. The van der Waals surface area contributed by atoms with Crippen LogP contribution in [0.4, 0.5) is 13.2 Å². The fourth-order valence-electron chi connectivity index (χ4n) is 1.07. The average Bonchev–Trinajstić information content (AvgIpc) is 2.27. The largest absolute Gasteiger partial charge is 0.507 e. The Kier molecular flexibility index (Phi) is 3.77. The van der Waals surface area contributed by atoms with E-state index in [-0.39, 0.29) is 11.6 Å². The minimum absolute atomic E-state index is 0.0713. The quantitative estimate of drug-likeness (QED) is 0.658. The number of carbonyl (C=O) groups excluding carboxylic acids is 1. The highest BCUT2D eigenvalue weighted by molar-refractivity contribution is 5.99. The van der Waals surface area contributed by atoms with Gasteiger partial charge in [-0.1, -0.05) is 12.1 Å². The lowest BCUT2D eigenvalue weighted by atomic mass is 10.1. The van der Waals surface area contributed by atoms with Crippen LogP contribution in [0.3, 0.4) is 0 Å². The van der Waals surface area contributed by atoms with Crippen molar-refractivity contribution in [1.82, 2.24) is 0 Å². The first-order chi connectivity index (χ1) is 7.84. The van der Waals surface area contributed by atoms with Gasteiger partial charge >= 0.3 is 6.18 Å². The van der Waals surface area contributed by atoms with E-state index >= 15 is 0 Å². The van der Waals surface area contributed by atoms with Gasteiger partial charge in [0.2, 0.25) is 0 Å². The first kappa shape index (κ1) is 13.1. The van der Waals surface area contributed by atoms with Crippen LogP contribution in [0.25, 0.3) is 5.76 Å². The molecule has 0 aliphatic rings. The van der Waals surface area contributed by atoms with Crippen LogP contribution in [0.15, 0.2) is 30.3 Å². The second-order valence-corrected chi connectivity index (χ2v) is 3.12. The number of benzene rings is 1. The summed E-state index contributed by atoms with van der Waals surface area (Å²) < 4.78 is 40.7. The zero-order valence-electron chi connectivity index (χ0n) is 8.78. The van der Waals surface area contributed by atoms with Gasteiger partial charge in [-0.15, -0.1) is 0 Å². The van der Waals surface area contributed by atoms with E-state index in [2.05, 4.69) is 0 Å². The summed E-state index contributed by atoms with van der Waals surface area (Å²) in [7, 11) is 1.38. The molecule has 1 rings (SSSR count). The van der Waals surface area contributed by atoms with Gasteiger partial charge in [-0.05, 0) is 12.1 Å². The van der Waals surface area contributed by atoms with Gasteiger partial charge in [0.05, 0.1) is 7.11 Å². The van der Waals surface area contributed by atoms with E-state index in [1.54, 1.807) is 6.07 Å². The average molecular weight is 246 g/mol. The van der Waals surface area contributed by atoms with Crippen LogP contribution >= 0.6 is 0 Å². The predicted octanol–water partition coefficient (Wildman–Crippen LogP) is 2.73. The van der Waals surface area contributed by atoms with Crippen molar-refractivity contribution in [3.8, 4) is 5.75 Å². The number of halogens is 3. The van der Waals surface area contributed by atoms with E-state index < -0.39 is 17.7 Å². The number of ketones is 1. The first-order valence-corrected chi connectivity index (χ1v) is 4.51. The summed E-state index contributed by atoms with van der Waals surface area (Å²) in [6.45, 7) is 0. The van der Waals surface area contributed by atoms with Crippen LogP contribution < -0.4 is 4.74 Å². The highest BCUT2D eigenvalue weighted by atomic mass is 19.4. The Bertz CT molecular complexity index is 450. The molecule has 0 fully saturated rings. The van der Waals surface area contributed by atoms with Crippen molar-refractivity contribution < 1.29 is 27.8 Å². The van der Waals surface area contributed by atoms with Crippen LogP contribution in [0, 0.1) is 0 Å². The van der Waals surface area contributed by atoms with Gasteiger partial charge in [-0.2, -0.15) is 13.2 Å². The smallest absolute Gasteiger partial charge is 0.454 e. The minimum atomic E-state index is -4.99. The van der Waals surface area contributed by atoms with Crippen molar-refractivity contribution in [2.45, 2.75) is 6.18 Å². The standard InChI is InChI=1S/C11H9F3O3/c1-17-8-4-2-3-7(5-8)9(15)6-10(16)11(12,13)14/h2-6,15H,1H3/b9-6+. The molecule has 0 aromatic heterocycles. The molecule has 0 heterocycles. The molecule has 0 bridgehead atoms. The van der Waals surface area contributed by atoms with E-state index in [1.165, 1.54) is 25.3 Å². The highest BCUT2D eigenvalue weighted by Crippen LogP contribution is 2.21. The van der Waals surface area contributed by atoms with E-state index in [1.807, 2.05) is 0 Å². The van der Waals surface area contributed by atoms with Gasteiger partial charge in [0, 0.05) is 11.6 Å². The number of methoxy groups -OCH3 is 1. The zero-order chi connectivity index (χ0) is 13.1. The zero-order valence-corrected chi connectivity index (χ0v) is 8.78. The molecule has 3 nitrogen and oxygen atoms in total. The molecule has 1 aromatic rings. The molecule has 0 amide bonds. The summed E-state index contributed by atoms with van der Waals surface area (Å²) >= 11 is 0. The summed E-state index contributed by atoms with van der Waals surface area (Å²) in [5.41, 5.74) is 0.0713. The van der Waals surface area contributed by atoms with E-state index in [0.717, 1.165) is 0 Å². The normalized spacial score (nSPS) is 12.4. The Balaban J connectivity index is 3.00. The Morgan fingerprint density at radius 2 is 2.06 bits per heavy atom. The van der Waals surface area contributed by atoms with Crippen molar-refractivity contribution in [3.63, 3.8) is 0 Å². The van der Waals surface area contributed by atoms with Gasteiger partial charge in [-0.3, -0.25) is 4.79 Å². The maximum Gasteiger partial charge on any atom is 0.454 e. The van der Waals surface area contributed by atoms with Gasteiger partial charge in [0.25, 0.3) is 5.78 Å². The number of hydrogen-bond acceptors (Lipinski definition) is 3. The first-order valence-electron chi connectivity index (χ1n) is 4.51. The summed E-state index contributed by atoms with van der Waals surface area (Å²) in [6.07, 6.45) is -4.86. The third kappa shape index (κ3) is 3.51. The van der Waals surface area contributed by atoms with Gasteiger partial charge in [0.1, 0.15) is 11.5 Å². The SMILES string of the molecule is COc1cccc(/C(O)=C\C(=O)C(F)(F)F)c1. The molecule has 0 atom stereocenters. The van der Waals surface area contributed by atoms with Crippen LogP contribution in [0.1, 0.15) is 5.56 Å². The molecule has 0 spiro atoms. The Hall–Kier alpha value is -1.98. The third-order valence-corrected chi connectivity index (χ3v) is 1.91. The lowest BCUT2D eigenvalue weighted by molar-refractivity contribution is -0.165. The van der Waals surface area contributed by atoms with Gasteiger partial charge in [-0.25, -0.2) is 0 Å². The van der Waals surface area contributed by atoms with Gasteiger partial charge < -0.3 is 9.84 Å². The highest BCUT2D eigenvalue weighted by Gasteiger charge is 2.36. The van der Waals surface area contributed by atoms with Crippen molar-refractivity contribution in [2.75, 3.05) is 7.11 Å². The van der Waals surface area contributed by atoms with Crippen molar-refractivity contribution >= 4 is 11.5 Å². The summed E-state index contributed by atoms with van der Waals surface area (Å²) in [6, 6.07) is 5.71. The third-order valence-electron chi connectivity index (χ3n) is 1.91. The number of allylic oxidation sites excluding steroid dienone is 1. The summed E-state index contributed by atoms with van der Waals surface area (Å²) in [5.74, 6) is -2.51. The number of ether oxygens (including phenoxy) is 1. The predicted molar refractivity (Wildman–Crippen MR) is 54.7 cm³/mol. The second kappa shape index (κ2) is 4.90. The van der Waals surface area contributed by atoms with Gasteiger partial charge in [0.15, 0.2) is 0 Å². The molecule has 17 heavy (non-hydrogen) atoms. The molecule has 0 aliphatic heterocycles. The topological polar surface area (TPSA) is 46.5 Å². The molecule has 0 radical (unpaired) electrons. The minimum Gasteiger partial charge on any atom is -0.507 e. The molecular weight excluding hydrogens is 237 g/mol. The molecule has 92 valence electrons. The van der Waals surface area contributed by atoms with Crippen LogP contribution in [0.5, 0.6) is 5.75 Å². The number of aliphatic hydroxyl groups excluding tert-OH is 1. The Labute approximate surface area is 95.1 Å². The summed E-state index contributed by atoms with van der Waals surface area (Å²) in [4.78, 5) is 10.6. The maximum absolute atomic E-state index is 11.9. The fraction of sp³-hybridized carbons (Fsp3) is 0.182. The van der Waals surface area contributed by atoms with Crippen LogP contribution in [-0.2, 0) is 4.79 Å². The molecular formula is C11H9F3O3. The lowest BCUT2D eigenvalue weighted by Crippen LogP contribution is -2.20. The molecule has 6 heteroatoms. The fourth-order valence-corrected chi connectivity index (χ4v) is 1.07. The van der Waals surface area contributed by atoms with E-state index in [9.17, 15) is 23.1 Å². The molecule has 0 unspecified atom stereocenters. The molecule has 0 saturated carbocycles. The molecule has 1 aromatic carbocycles. The monoisotopic (exact) mass is 246 g/mol. The Morgan fingerprint density at radius 1 is 1.41 bits per heavy atom. The van der Waals surface area contributed by atoms with Crippen LogP contribution in [-0.4, -0.2) is 24.2 Å². The van der Waals surface area contributed by atoms with E-state index in [0.29, 0.717) is 5.75 Å². The number of rotatable bonds is 3. The maximum atomic E-state index is 11.9. The van der Waals surface area contributed by atoms with E-state index in [4.69, 9.17) is 4.74 Å².